The predicted molar refractivity (Wildman–Crippen MR) is 68.7 cm³/mol. The Hall–Kier alpha value is 0.250. The average Bonchev–Trinajstić information content (AvgIpc) is 2.63. The van der Waals surface area contributed by atoms with E-state index in [0.29, 0.717) is 5.38 Å². The van der Waals surface area contributed by atoms with E-state index in [9.17, 15) is 0 Å². The number of hydrogen-bond donors (Lipinski definition) is 0. The van der Waals surface area contributed by atoms with Gasteiger partial charge < -0.3 is 4.90 Å². The van der Waals surface area contributed by atoms with E-state index in [1.807, 2.05) is 0 Å². The summed E-state index contributed by atoms with van der Waals surface area (Å²) in [6.07, 6.45) is 11.0. The van der Waals surface area contributed by atoms with Gasteiger partial charge in [0.05, 0.1) is 0 Å². The molecule has 0 radical (unpaired) electrons. The maximum atomic E-state index is 6.06. The molecule has 0 aromatic heterocycles. The third-order valence-corrected chi connectivity index (χ3v) is 3.65. The van der Waals surface area contributed by atoms with Crippen molar-refractivity contribution in [3.63, 3.8) is 0 Å². The third-order valence-electron chi connectivity index (χ3n) is 3.29. The third kappa shape index (κ3) is 6.42. The van der Waals surface area contributed by atoms with Crippen molar-refractivity contribution in [3.05, 3.63) is 0 Å². The first-order valence-electron chi connectivity index (χ1n) is 6.69. The second-order valence-electron chi connectivity index (χ2n) is 4.81. The lowest BCUT2D eigenvalue weighted by atomic mass is 10.1. The zero-order valence-corrected chi connectivity index (χ0v) is 10.9. The number of alkyl halides is 1. The van der Waals surface area contributed by atoms with Crippen molar-refractivity contribution in [3.8, 4) is 0 Å². The Balaban J connectivity index is 1.81. The Morgan fingerprint density at radius 2 is 1.73 bits per heavy atom. The molecule has 0 bridgehead atoms. The van der Waals surface area contributed by atoms with Crippen molar-refractivity contribution >= 4 is 11.6 Å². The zero-order valence-electron chi connectivity index (χ0n) is 10.2. The van der Waals surface area contributed by atoms with Crippen LogP contribution in [0.15, 0.2) is 0 Å². The summed E-state index contributed by atoms with van der Waals surface area (Å²) < 4.78 is 0. The molecule has 90 valence electrons. The maximum Gasteiger partial charge on any atom is 0.0475 e. The number of rotatable bonds is 8. The van der Waals surface area contributed by atoms with Gasteiger partial charge in [0.1, 0.15) is 0 Å². The number of halogens is 1. The summed E-state index contributed by atoms with van der Waals surface area (Å²) in [6.45, 7) is 5.90. The number of hydrogen-bond acceptors (Lipinski definition) is 1. The Kier molecular flexibility index (Phi) is 7.46. The molecule has 0 aromatic rings. The topological polar surface area (TPSA) is 3.24 Å². The molecule has 0 amide bonds. The highest BCUT2D eigenvalue weighted by atomic mass is 35.5. The second kappa shape index (κ2) is 8.41. The summed E-state index contributed by atoms with van der Waals surface area (Å²) in [5.74, 6) is 0. The standard InChI is InChI=1S/C13H26ClN/c1-2-3-4-5-6-7-8-10-15-11-9-13(14)12-15/h13H,2-12H2,1H3. The minimum absolute atomic E-state index is 0.426. The molecular weight excluding hydrogens is 206 g/mol. The van der Waals surface area contributed by atoms with E-state index in [0.717, 1.165) is 6.54 Å². The van der Waals surface area contributed by atoms with Crippen LogP contribution in [0.5, 0.6) is 0 Å². The molecule has 1 atom stereocenters. The Bertz CT molecular complexity index is 149. The molecule has 0 N–H and O–H groups in total. The van der Waals surface area contributed by atoms with Crippen molar-refractivity contribution in [1.29, 1.82) is 0 Å². The van der Waals surface area contributed by atoms with Gasteiger partial charge in [-0.25, -0.2) is 0 Å². The van der Waals surface area contributed by atoms with Crippen molar-refractivity contribution in [2.45, 2.75) is 63.7 Å². The lowest BCUT2D eigenvalue weighted by Gasteiger charge is -2.14. The number of likely N-dealkylation sites (tertiary alicyclic amines) is 1. The van der Waals surface area contributed by atoms with Gasteiger partial charge in [-0.15, -0.1) is 11.6 Å². The molecule has 2 heteroatoms. The van der Waals surface area contributed by atoms with Crippen LogP contribution in [0.3, 0.4) is 0 Å². The first-order chi connectivity index (χ1) is 7.33. The summed E-state index contributed by atoms with van der Waals surface area (Å²) in [7, 11) is 0. The van der Waals surface area contributed by atoms with Crippen LogP contribution in [0, 0.1) is 0 Å². The summed E-state index contributed by atoms with van der Waals surface area (Å²) in [4.78, 5) is 2.52. The number of unbranched alkanes of at least 4 members (excludes halogenated alkanes) is 6. The van der Waals surface area contributed by atoms with E-state index in [-0.39, 0.29) is 0 Å². The monoisotopic (exact) mass is 231 g/mol. The smallest absolute Gasteiger partial charge is 0.0475 e. The largest absolute Gasteiger partial charge is 0.302 e. The maximum absolute atomic E-state index is 6.06. The van der Waals surface area contributed by atoms with Crippen LogP contribution in [-0.2, 0) is 0 Å². The van der Waals surface area contributed by atoms with Crippen LogP contribution < -0.4 is 0 Å². The van der Waals surface area contributed by atoms with E-state index in [4.69, 9.17) is 11.6 Å². The molecule has 1 nitrogen and oxygen atoms in total. The molecular formula is C13H26ClN. The molecule has 1 fully saturated rings. The van der Waals surface area contributed by atoms with Gasteiger partial charge in [0.15, 0.2) is 0 Å². The molecule has 0 aliphatic carbocycles. The van der Waals surface area contributed by atoms with E-state index in [1.165, 1.54) is 64.5 Å². The number of nitrogens with zero attached hydrogens (tertiary/aromatic N) is 1. The lowest BCUT2D eigenvalue weighted by Crippen LogP contribution is -2.21. The summed E-state index contributed by atoms with van der Waals surface area (Å²) >= 11 is 6.06. The second-order valence-corrected chi connectivity index (χ2v) is 5.43. The van der Waals surface area contributed by atoms with Crippen molar-refractivity contribution < 1.29 is 0 Å². The fourth-order valence-electron chi connectivity index (χ4n) is 2.28. The molecule has 1 aliphatic rings. The lowest BCUT2D eigenvalue weighted by molar-refractivity contribution is 0.328. The predicted octanol–water partition coefficient (Wildman–Crippen LogP) is 4.05. The van der Waals surface area contributed by atoms with Gasteiger partial charge in [0, 0.05) is 11.9 Å². The van der Waals surface area contributed by atoms with Crippen LogP contribution in [0.1, 0.15) is 58.3 Å². The van der Waals surface area contributed by atoms with Crippen LogP contribution in [0.2, 0.25) is 0 Å². The van der Waals surface area contributed by atoms with Gasteiger partial charge in [-0.2, -0.15) is 0 Å². The van der Waals surface area contributed by atoms with Crippen molar-refractivity contribution in [2.75, 3.05) is 19.6 Å². The Morgan fingerprint density at radius 3 is 2.33 bits per heavy atom. The summed E-state index contributed by atoms with van der Waals surface area (Å²) in [5, 5.41) is 0.426. The molecule has 1 rings (SSSR count). The van der Waals surface area contributed by atoms with Crippen LogP contribution in [0.4, 0.5) is 0 Å². The molecule has 1 unspecified atom stereocenters. The van der Waals surface area contributed by atoms with Gasteiger partial charge in [-0.1, -0.05) is 45.4 Å². The molecule has 1 aliphatic heterocycles. The minimum Gasteiger partial charge on any atom is -0.302 e. The normalized spacial score (nSPS) is 22.4. The first-order valence-corrected chi connectivity index (χ1v) is 7.13. The first kappa shape index (κ1) is 13.3. The van der Waals surface area contributed by atoms with Gasteiger partial charge in [-0.05, 0) is 25.9 Å². The SMILES string of the molecule is CCCCCCCCCN1CCC(Cl)C1. The Morgan fingerprint density at radius 1 is 1.07 bits per heavy atom. The van der Waals surface area contributed by atoms with E-state index in [2.05, 4.69) is 11.8 Å². The molecule has 0 spiro atoms. The van der Waals surface area contributed by atoms with Crippen molar-refractivity contribution in [2.24, 2.45) is 0 Å². The fraction of sp³-hybridized carbons (Fsp3) is 1.00. The molecule has 15 heavy (non-hydrogen) atoms. The molecule has 1 saturated heterocycles. The highest BCUT2D eigenvalue weighted by Crippen LogP contribution is 2.15. The van der Waals surface area contributed by atoms with Gasteiger partial charge >= 0.3 is 0 Å². The molecule has 1 heterocycles. The minimum atomic E-state index is 0.426. The van der Waals surface area contributed by atoms with Crippen LogP contribution in [-0.4, -0.2) is 29.9 Å². The van der Waals surface area contributed by atoms with Crippen molar-refractivity contribution in [1.82, 2.24) is 4.90 Å². The van der Waals surface area contributed by atoms with Gasteiger partial charge in [0.25, 0.3) is 0 Å². The average molecular weight is 232 g/mol. The van der Waals surface area contributed by atoms with Gasteiger partial charge in [-0.3, -0.25) is 0 Å². The zero-order chi connectivity index (χ0) is 10.9. The summed E-state index contributed by atoms with van der Waals surface area (Å²) in [6, 6.07) is 0. The van der Waals surface area contributed by atoms with E-state index < -0.39 is 0 Å². The van der Waals surface area contributed by atoms with E-state index >= 15 is 0 Å². The quantitative estimate of drug-likeness (QED) is 0.450. The van der Waals surface area contributed by atoms with E-state index in [1.54, 1.807) is 0 Å². The molecule has 0 aromatic carbocycles. The van der Waals surface area contributed by atoms with Crippen LogP contribution in [0.25, 0.3) is 0 Å². The highest BCUT2D eigenvalue weighted by molar-refractivity contribution is 6.20. The van der Waals surface area contributed by atoms with Gasteiger partial charge in [0.2, 0.25) is 0 Å². The fourth-order valence-corrected chi connectivity index (χ4v) is 2.57. The molecule has 0 saturated carbocycles. The highest BCUT2D eigenvalue weighted by Gasteiger charge is 2.18. The summed E-state index contributed by atoms with van der Waals surface area (Å²) in [5.41, 5.74) is 0. The Labute approximate surface area is 100 Å². The van der Waals surface area contributed by atoms with Crippen LogP contribution >= 0.6 is 11.6 Å².